The first-order valence-electron chi connectivity index (χ1n) is 9.19. The minimum atomic E-state index is -0.240. The Bertz CT molecular complexity index is 669. The van der Waals surface area contributed by atoms with Crippen LogP contribution >= 0.6 is 0 Å². The van der Waals surface area contributed by atoms with Crippen LogP contribution in [0.1, 0.15) is 20.7 Å². The van der Waals surface area contributed by atoms with E-state index in [-0.39, 0.29) is 11.8 Å². The van der Waals surface area contributed by atoms with Gasteiger partial charge in [0.2, 0.25) is 6.41 Å². The van der Waals surface area contributed by atoms with Crippen LogP contribution in [0.15, 0.2) is 18.5 Å². The Labute approximate surface area is 158 Å². The van der Waals surface area contributed by atoms with Gasteiger partial charge in [-0.2, -0.15) is 0 Å². The average molecular weight is 375 g/mol. The van der Waals surface area contributed by atoms with E-state index in [1.807, 2.05) is 0 Å². The molecule has 0 aromatic carbocycles. The molecule has 3 rings (SSSR count). The summed E-state index contributed by atoms with van der Waals surface area (Å²) >= 11 is 0. The molecular weight excluding hydrogens is 350 g/mol. The van der Waals surface area contributed by atoms with E-state index in [1.54, 1.807) is 15.9 Å². The van der Waals surface area contributed by atoms with Gasteiger partial charge in [-0.25, -0.2) is 0 Å². The second-order valence-electron chi connectivity index (χ2n) is 6.61. The number of ether oxygens (including phenoxy) is 1. The Kier molecular flexibility index (Phi) is 6.72. The molecule has 1 aromatic rings. The fourth-order valence-corrected chi connectivity index (χ4v) is 3.15. The lowest BCUT2D eigenvalue weighted by Crippen LogP contribution is -2.48. The van der Waals surface area contributed by atoms with Crippen molar-refractivity contribution in [2.45, 2.75) is 0 Å². The third-order valence-electron chi connectivity index (χ3n) is 4.82. The standard InChI is InChI=1S/C18H25N5O4/c24-14-22-3-5-23(6-4-22)18(26)16-11-15(12-19-13-16)17(25)20-1-2-21-7-9-27-10-8-21/h11-14H,1-10H2,(H,20,25). The van der Waals surface area contributed by atoms with Gasteiger partial charge in [0.15, 0.2) is 0 Å². The zero-order valence-corrected chi connectivity index (χ0v) is 15.3. The lowest BCUT2D eigenvalue weighted by molar-refractivity contribution is -0.119. The van der Waals surface area contributed by atoms with Crippen molar-refractivity contribution in [3.8, 4) is 0 Å². The molecule has 0 unspecified atom stereocenters. The summed E-state index contributed by atoms with van der Waals surface area (Å²) in [7, 11) is 0. The van der Waals surface area contributed by atoms with Crippen molar-refractivity contribution in [1.29, 1.82) is 0 Å². The minimum Gasteiger partial charge on any atom is -0.379 e. The summed E-state index contributed by atoms with van der Waals surface area (Å²) in [6, 6.07) is 1.57. The van der Waals surface area contributed by atoms with Crippen LogP contribution in [0.4, 0.5) is 0 Å². The lowest BCUT2D eigenvalue weighted by Gasteiger charge is -2.32. The van der Waals surface area contributed by atoms with Crippen molar-refractivity contribution in [2.75, 3.05) is 65.6 Å². The highest BCUT2D eigenvalue weighted by molar-refractivity contribution is 5.99. The number of carbonyl (C=O) groups is 3. The fourth-order valence-electron chi connectivity index (χ4n) is 3.15. The Morgan fingerprint density at radius 1 is 1.07 bits per heavy atom. The van der Waals surface area contributed by atoms with E-state index in [0.29, 0.717) is 43.9 Å². The van der Waals surface area contributed by atoms with Crippen LogP contribution in [0, 0.1) is 0 Å². The topological polar surface area (TPSA) is 95.1 Å². The van der Waals surface area contributed by atoms with E-state index < -0.39 is 0 Å². The maximum Gasteiger partial charge on any atom is 0.255 e. The van der Waals surface area contributed by atoms with Gasteiger partial charge in [-0.05, 0) is 6.07 Å². The number of carbonyl (C=O) groups excluding carboxylic acids is 3. The quantitative estimate of drug-likeness (QED) is 0.645. The Hall–Kier alpha value is -2.52. The minimum absolute atomic E-state index is 0.170. The van der Waals surface area contributed by atoms with E-state index >= 15 is 0 Å². The summed E-state index contributed by atoms with van der Waals surface area (Å²) in [5, 5.41) is 2.87. The summed E-state index contributed by atoms with van der Waals surface area (Å²) in [6.45, 7) is 6.49. The number of rotatable bonds is 6. The number of aromatic nitrogens is 1. The number of pyridine rings is 1. The number of nitrogens with zero attached hydrogens (tertiary/aromatic N) is 4. The van der Waals surface area contributed by atoms with Gasteiger partial charge >= 0.3 is 0 Å². The molecule has 3 heterocycles. The predicted octanol–water partition coefficient (Wildman–Crippen LogP) is -0.942. The highest BCUT2D eigenvalue weighted by atomic mass is 16.5. The Balaban J connectivity index is 1.52. The molecule has 27 heavy (non-hydrogen) atoms. The average Bonchev–Trinajstić information content (AvgIpc) is 2.74. The Morgan fingerprint density at radius 3 is 2.48 bits per heavy atom. The molecule has 2 aliphatic heterocycles. The number of hydrogen-bond donors (Lipinski definition) is 1. The van der Waals surface area contributed by atoms with Gasteiger partial charge in [0.1, 0.15) is 0 Å². The number of amides is 3. The van der Waals surface area contributed by atoms with E-state index in [2.05, 4.69) is 15.2 Å². The molecule has 0 atom stereocenters. The smallest absolute Gasteiger partial charge is 0.255 e. The van der Waals surface area contributed by atoms with Crippen molar-refractivity contribution in [1.82, 2.24) is 25.0 Å². The second-order valence-corrected chi connectivity index (χ2v) is 6.61. The van der Waals surface area contributed by atoms with Gasteiger partial charge in [-0.1, -0.05) is 0 Å². The molecule has 0 aliphatic carbocycles. The first kappa shape index (κ1) is 19.2. The van der Waals surface area contributed by atoms with Crippen molar-refractivity contribution in [2.24, 2.45) is 0 Å². The molecule has 2 saturated heterocycles. The molecule has 2 fully saturated rings. The zero-order valence-electron chi connectivity index (χ0n) is 15.3. The fraction of sp³-hybridized carbons (Fsp3) is 0.556. The molecule has 0 spiro atoms. The lowest BCUT2D eigenvalue weighted by atomic mass is 10.1. The van der Waals surface area contributed by atoms with Crippen molar-refractivity contribution >= 4 is 18.2 Å². The normalized spacial score (nSPS) is 18.2. The predicted molar refractivity (Wildman–Crippen MR) is 97.4 cm³/mol. The molecule has 0 saturated carbocycles. The van der Waals surface area contributed by atoms with Crippen molar-refractivity contribution in [3.05, 3.63) is 29.6 Å². The van der Waals surface area contributed by atoms with Crippen LogP contribution in [0.3, 0.4) is 0 Å². The van der Waals surface area contributed by atoms with Crippen LogP contribution in [0.25, 0.3) is 0 Å². The van der Waals surface area contributed by atoms with Crippen molar-refractivity contribution < 1.29 is 19.1 Å². The van der Waals surface area contributed by atoms with Crippen LogP contribution in [-0.2, 0) is 9.53 Å². The van der Waals surface area contributed by atoms with Gasteiger partial charge in [-0.15, -0.1) is 0 Å². The molecule has 1 N–H and O–H groups in total. The van der Waals surface area contributed by atoms with Gasteiger partial charge in [0.05, 0.1) is 24.3 Å². The largest absolute Gasteiger partial charge is 0.379 e. The first-order valence-corrected chi connectivity index (χ1v) is 9.19. The molecule has 2 aliphatic rings. The molecule has 9 nitrogen and oxygen atoms in total. The SMILES string of the molecule is O=CN1CCN(C(=O)c2cncc(C(=O)NCCN3CCOCC3)c2)CC1. The number of nitrogens with one attached hydrogen (secondary N) is 1. The molecule has 9 heteroatoms. The maximum absolute atomic E-state index is 12.6. The number of morpholine rings is 1. The molecular formula is C18H25N5O4. The highest BCUT2D eigenvalue weighted by Crippen LogP contribution is 2.09. The number of piperazine rings is 1. The van der Waals surface area contributed by atoms with Crippen LogP contribution in [-0.4, -0.2) is 103 Å². The third-order valence-corrected chi connectivity index (χ3v) is 4.82. The summed E-state index contributed by atoms with van der Waals surface area (Å²) in [5.74, 6) is -0.410. The van der Waals surface area contributed by atoms with E-state index in [1.165, 1.54) is 12.4 Å². The van der Waals surface area contributed by atoms with E-state index in [9.17, 15) is 14.4 Å². The van der Waals surface area contributed by atoms with Crippen LogP contribution in [0.2, 0.25) is 0 Å². The Morgan fingerprint density at radius 2 is 1.78 bits per heavy atom. The van der Waals surface area contributed by atoms with E-state index in [4.69, 9.17) is 4.74 Å². The summed E-state index contributed by atoms with van der Waals surface area (Å²) in [5.41, 5.74) is 0.754. The maximum atomic E-state index is 12.6. The van der Waals surface area contributed by atoms with Crippen molar-refractivity contribution in [3.63, 3.8) is 0 Å². The molecule has 0 bridgehead atoms. The summed E-state index contributed by atoms with van der Waals surface area (Å²) in [6.07, 6.45) is 3.73. The highest BCUT2D eigenvalue weighted by Gasteiger charge is 2.22. The van der Waals surface area contributed by atoms with Crippen LogP contribution in [0.5, 0.6) is 0 Å². The van der Waals surface area contributed by atoms with Gasteiger partial charge in [-0.3, -0.25) is 24.3 Å². The first-order chi connectivity index (χ1) is 13.2. The van der Waals surface area contributed by atoms with Gasteiger partial charge in [0.25, 0.3) is 11.8 Å². The number of hydrogen-bond acceptors (Lipinski definition) is 6. The third kappa shape index (κ3) is 5.24. The molecule has 0 radical (unpaired) electrons. The zero-order chi connectivity index (χ0) is 19.1. The monoisotopic (exact) mass is 375 g/mol. The molecule has 1 aromatic heterocycles. The second kappa shape index (κ2) is 9.43. The van der Waals surface area contributed by atoms with Gasteiger partial charge in [0, 0.05) is 64.8 Å². The van der Waals surface area contributed by atoms with Crippen LogP contribution < -0.4 is 5.32 Å². The summed E-state index contributed by atoms with van der Waals surface area (Å²) < 4.78 is 5.30. The van der Waals surface area contributed by atoms with Gasteiger partial charge < -0.3 is 19.9 Å². The molecule has 3 amide bonds. The molecule has 146 valence electrons. The van der Waals surface area contributed by atoms with E-state index in [0.717, 1.165) is 39.3 Å². The summed E-state index contributed by atoms with van der Waals surface area (Å²) in [4.78, 5) is 45.3.